The maximum absolute atomic E-state index is 12.8. The van der Waals surface area contributed by atoms with Crippen LogP contribution in [0.1, 0.15) is 22.6 Å². The second-order valence-electron chi connectivity index (χ2n) is 7.96. The summed E-state index contributed by atoms with van der Waals surface area (Å²) in [5.41, 5.74) is 10.8. The van der Waals surface area contributed by atoms with E-state index in [0.29, 0.717) is 5.56 Å². The van der Waals surface area contributed by atoms with Crippen molar-refractivity contribution in [1.82, 2.24) is 0 Å². The van der Waals surface area contributed by atoms with E-state index in [1.807, 2.05) is 48.5 Å². The Morgan fingerprint density at radius 3 is 2.03 bits per heavy atom. The molecule has 4 rings (SSSR count). The molecule has 0 unspecified atom stereocenters. The largest absolute Gasteiger partial charge is 0.481 e. The lowest BCUT2D eigenvalue weighted by Gasteiger charge is -2.21. The van der Waals surface area contributed by atoms with Crippen molar-refractivity contribution in [3.8, 4) is 11.1 Å². The zero-order valence-electron chi connectivity index (χ0n) is 17.6. The van der Waals surface area contributed by atoms with Crippen molar-refractivity contribution in [2.45, 2.75) is 18.4 Å². The lowest BCUT2D eigenvalue weighted by Crippen LogP contribution is -2.43. The lowest BCUT2D eigenvalue weighted by atomic mass is 9.94. The number of hydrogen-bond donors (Lipinski definition) is 2. The highest BCUT2D eigenvalue weighted by atomic mass is 16.6. The molecule has 33 heavy (non-hydrogen) atoms. The number of non-ortho nitro benzene ring substituents is 1. The van der Waals surface area contributed by atoms with Gasteiger partial charge in [-0.25, -0.2) is 0 Å². The Kier molecular flexibility index (Phi) is 6.19. The minimum atomic E-state index is -1.56. The standard InChI is InChI=1S/C25H22N2O6/c26-22(13-15-9-11-16(12-10-15)27(31)32)23(24(28)29)25(30)33-14-21-19-7-3-1-5-17(19)18-6-2-4-8-20(18)21/h1-12,21-23H,13-14,26H2,(H,28,29)/t22-,23-/m1/s1. The molecular weight excluding hydrogens is 424 g/mol. The number of carboxylic acid groups (broad SMARTS) is 1. The number of aliphatic carboxylic acids is 1. The van der Waals surface area contributed by atoms with Gasteiger partial charge in [-0.1, -0.05) is 60.7 Å². The maximum atomic E-state index is 12.8. The normalized spacial score (nSPS) is 14.1. The van der Waals surface area contributed by atoms with Gasteiger partial charge in [-0.05, 0) is 34.2 Å². The van der Waals surface area contributed by atoms with Gasteiger partial charge in [-0.2, -0.15) is 0 Å². The number of nitro groups is 1. The van der Waals surface area contributed by atoms with Crippen LogP contribution in [0.25, 0.3) is 11.1 Å². The van der Waals surface area contributed by atoms with E-state index in [9.17, 15) is 24.8 Å². The molecule has 0 heterocycles. The van der Waals surface area contributed by atoms with Crippen LogP contribution in [0.2, 0.25) is 0 Å². The van der Waals surface area contributed by atoms with Crippen LogP contribution in [0.3, 0.4) is 0 Å². The molecule has 1 aliphatic carbocycles. The molecule has 0 saturated heterocycles. The number of benzene rings is 3. The molecule has 168 valence electrons. The molecule has 8 nitrogen and oxygen atoms in total. The fourth-order valence-electron chi connectivity index (χ4n) is 4.30. The Morgan fingerprint density at radius 2 is 1.52 bits per heavy atom. The van der Waals surface area contributed by atoms with Crippen LogP contribution >= 0.6 is 0 Å². The predicted molar refractivity (Wildman–Crippen MR) is 121 cm³/mol. The Labute approximate surface area is 189 Å². The number of nitro benzene ring substituents is 1. The second-order valence-corrected chi connectivity index (χ2v) is 7.96. The van der Waals surface area contributed by atoms with Crippen molar-refractivity contribution in [3.05, 3.63) is 99.6 Å². The number of ether oxygens (including phenoxy) is 1. The summed E-state index contributed by atoms with van der Waals surface area (Å²) in [5, 5.41) is 20.4. The van der Waals surface area contributed by atoms with Crippen LogP contribution in [0, 0.1) is 16.0 Å². The lowest BCUT2D eigenvalue weighted by molar-refractivity contribution is -0.384. The van der Waals surface area contributed by atoms with Gasteiger partial charge in [0.2, 0.25) is 0 Å². The van der Waals surface area contributed by atoms with Gasteiger partial charge in [0, 0.05) is 24.1 Å². The highest BCUT2D eigenvalue weighted by Gasteiger charge is 2.36. The minimum absolute atomic E-state index is 0.000885. The molecule has 3 N–H and O–H groups in total. The third-order valence-electron chi connectivity index (χ3n) is 5.92. The molecule has 0 radical (unpaired) electrons. The summed E-state index contributed by atoms with van der Waals surface area (Å²) in [7, 11) is 0. The summed E-state index contributed by atoms with van der Waals surface area (Å²) >= 11 is 0. The molecule has 2 atom stereocenters. The summed E-state index contributed by atoms with van der Waals surface area (Å²) in [6.07, 6.45) is 0.0547. The van der Waals surface area contributed by atoms with Gasteiger partial charge in [0.15, 0.2) is 5.92 Å². The minimum Gasteiger partial charge on any atom is -0.481 e. The predicted octanol–water partition coefficient (Wildman–Crippen LogP) is 3.52. The number of carbonyl (C=O) groups is 2. The molecule has 0 aromatic heterocycles. The molecule has 0 saturated carbocycles. The highest BCUT2D eigenvalue weighted by Crippen LogP contribution is 2.44. The fraction of sp³-hybridized carbons (Fsp3) is 0.200. The van der Waals surface area contributed by atoms with Crippen molar-refractivity contribution in [1.29, 1.82) is 0 Å². The molecule has 0 amide bonds. The van der Waals surface area contributed by atoms with Crippen molar-refractivity contribution < 1.29 is 24.4 Å². The average Bonchev–Trinajstić information content (AvgIpc) is 3.11. The van der Waals surface area contributed by atoms with Crippen molar-refractivity contribution >= 4 is 17.6 Å². The summed E-state index contributed by atoms with van der Waals surface area (Å²) in [6, 6.07) is 20.2. The maximum Gasteiger partial charge on any atom is 0.321 e. The topological polar surface area (TPSA) is 133 Å². The molecule has 0 spiro atoms. The molecule has 8 heteroatoms. The summed E-state index contributed by atoms with van der Waals surface area (Å²) < 4.78 is 5.48. The zero-order valence-corrected chi connectivity index (χ0v) is 17.6. The van der Waals surface area contributed by atoms with E-state index in [4.69, 9.17) is 10.5 Å². The smallest absolute Gasteiger partial charge is 0.321 e. The number of nitrogens with two attached hydrogens (primary N) is 1. The van der Waals surface area contributed by atoms with E-state index in [1.165, 1.54) is 24.3 Å². The van der Waals surface area contributed by atoms with Crippen LogP contribution in [0.15, 0.2) is 72.8 Å². The Balaban J connectivity index is 1.47. The number of hydrogen-bond acceptors (Lipinski definition) is 6. The molecule has 1 aliphatic rings. The first-order valence-electron chi connectivity index (χ1n) is 10.4. The molecule has 3 aromatic rings. The molecule has 0 bridgehead atoms. The quantitative estimate of drug-likeness (QED) is 0.234. The number of carboxylic acids is 1. The number of carbonyl (C=O) groups excluding carboxylic acids is 1. The van der Waals surface area contributed by atoms with E-state index in [-0.39, 0.29) is 24.6 Å². The van der Waals surface area contributed by atoms with Gasteiger partial charge in [-0.15, -0.1) is 0 Å². The van der Waals surface area contributed by atoms with E-state index >= 15 is 0 Å². The number of esters is 1. The molecule has 0 fully saturated rings. The van der Waals surface area contributed by atoms with Gasteiger partial charge in [0.25, 0.3) is 5.69 Å². The Hall–Kier alpha value is -4.04. The Bertz CT molecular complexity index is 1160. The number of nitrogens with zero attached hydrogens (tertiary/aromatic N) is 1. The van der Waals surface area contributed by atoms with Crippen LogP contribution in [-0.2, 0) is 20.7 Å². The first kappa shape index (κ1) is 22.2. The highest BCUT2D eigenvalue weighted by molar-refractivity contribution is 5.95. The molecule has 0 aliphatic heterocycles. The van der Waals surface area contributed by atoms with Gasteiger partial charge >= 0.3 is 11.9 Å². The van der Waals surface area contributed by atoms with Gasteiger partial charge in [0.1, 0.15) is 6.61 Å². The van der Waals surface area contributed by atoms with Gasteiger partial charge < -0.3 is 15.6 Å². The van der Waals surface area contributed by atoms with E-state index < -0.39 is 28.8 Å². The summed E-state index contributed by atoms with van der Waals surface area (Å²) in [5.74, 6) is -4.03. The van der Waals surface area contributed by atoms with E-state index in [0.717, 1.165) is 22.3 Å². The third-order valence-corrected chi connectivity index (χ3v) is 5.92. The number of fused-ring (bicyclic) bond motifs is 3. The average molecular weight is 446 g/mol. The van der Waals surface area contributed by atoms with E-state index in [2.05, 4.69) is 0 Å². The zero-order chi connectivity index (χ0) is 23.5. The van der Waals surface area contributed by atoms with Crippen LogP contribution in [0.5, 0.6) is 0 Å². The van der Waals surface area contributed by atoms with E-state index in [1.54, 1.807) is 0 Å². The SMILES string of the molecule is N[C@H](Cc1ccc([N+](=O)[O-])cc1)[C@H](C(=O)O)C(=O)OCC1c2ccccc2-c2ccccc21. The van der Waals surface area contributed by atoms with Gasteiger partial charge in [-0.3, -0.25) is 19.7 Å². The first-order chi connectivity index (χ1) is 15.9. The van der Waals surface area contributed by atoms with Crippen LogP contribution in [-0.4, -0.2) is 34.6 Å². The number of rotatable bonds is 8. The summed E-state index contributed by atoms with van der Waals surface area (Å²) in [4.78, 5) is 34.9. The molecule has 3 aromatic carbocycles. The summed E-state index contributed by atoms with van der Waals surface area (Å²) in [6.45, 7) is 0.000885. The fourth-order valence-corrected chi connectivity index (χ4v) is 4.30. The van der Waals surface area contributed by atoms with Crippen molar-refractivity contribution in [2.24, 2.45) is 11.7 Å². The Morgan fingerprint density at radius 1 is 0.970 bits per heavy atom. The first-order valence-corrected chi connectivity index (χ1v) is 10.4. The molecular formula is C25H22N2O6. The van der Waals surface area contributed by atoms with Crippen molar-refractivity contribution in [2.75, 3.05) is 6.61 Å². The van der Waals surface area contributed by atoms with Crippen LogP contribution < -0.4 is 5.73 Å². The third kappa shape index (κ3) is 4.47. The second kappa shape index (κ2) is 9.22. The monoisotopic (exact) mass is 446 g/mol. The van der Waals surface area contributed by atoms with Crippen molar-refractivity contribution in [3.63, 3.8) is 0 Å². The van der Waals surface area contributed by atoms with Crippen LogP contribution in [0.4, 0.5) is 5.69 Å². The van der Waals surface area contributed by atoms with Gasteiger partial charge in [0.05, 0.1) is 4.92 Å².